The number of hydrogen-bond acceptors (Lipinski definition) is 6. The van der Waals surface area contributed by atoms with Crippen molar-refractivity contribution >= 4 is 45.1 Å². The van der Waals surface area contributed by atoms with Crippen molar-refractivity contribution < 1.29 is 17.6 Å². The fourth-order valence-corrected chi connectivity index (χ4v) is 7.74. The molecule has 0 bridgehead atoms. The molecule has 0 radical (unpaired) electrons. The Hall–Kier alpha value is -3.80. The highest BCUT2D eigenvalue weighted by molar-refractivity contribution is 7.92. The number of pyridine rings is 1. The number of piperazine rings is 1. The first-order valence-corrected chi connectivity index (χ1v) is 16.7. The summed E-state index contributed by atoms with van der Waals surface area (Å²) in [6.07, 6.45) is 3.18. The summed E-state index contributed by atoms with van der Waals surface area (Å²) in [5, 5.41) is 0.163. The van der Waals surface area contributed by atoms with E-state index in [1.807, 2.05) is 45.0 Å². The van der Waals surface area contributed by atoms with Crippen LogP contribution in [0.5, 0.6) is 0 Å². The number of anilines is 2. The van der Waals surface area contributed by atoms with Gasteiger partial charge in [-0.05, 0) is 88.2 Å². The zero-order valence-corrected chi connectivity index (χ0v) is 27.3. The van der Waals surface area contributed by atoms with Gasteiger partial charge in [-0.2, -0.15) is 8.42 Å². The molecule has 3 aliphatic rings. The second-order valence-electron chi connectivity index (χ2n) is 12.3. The van der Waals surface area contributed by atoms with Gasteiger partial charge < -0.3 is 14.7 Å². The predicted molar refractivity (Wildman–Crippen MR) is 176 cm³/mol. The predicted octanol–water partition coefficient (Wildman–Crippen LogP) is 5.73. The third-order valence-electron chi connectivity index (χ3n) is 8.49. The third-order valence-corrected chi connectivity index (χ3v) is 10.0. The highest BCUT2D eigenvalue weighted by Crippen LogP contribution is 2.49. The lowest BCUT2D eigenvalue weighted by atomic mass is 10.0. The summed E-state index contributed by atoms with van der Waals surface area (Å²) in [6.45, 7) is 8.80. The van der Waals surface area contributed by atoms with Crippen LogP contribution in [-0.4, -0.2) is 79.1 Å². The quantitative estimate of drug-likeness (QED) is 0.317. The molecule has 9 nitrogen and oxygen atoms in total. The minimum atomic E-state index is -4.38. The Morgan fingerprint density at radius 3 is 2.49 bits per heavy atom. The summed E-state index contributed by atoms with van der Waals surface area (Å²) >= 11 is 6.81. The van der Waals surface area contributed by atoms with Gasteiger partial charge in [-0.1, -0.05) is 42.4 Å². The number of carbonyl (C=O) groups excluding carboxylic acids is 1. The van der Waals surface area contributed by atoms with Crippen molar-refractivity contribution in [1.29, 1.82) is 0 Å². The number of amidine groups is 1. The van der Waals surface area contributed by atoms with E-state index in [-0.39, 0.29) is 51.8 Å². The second kappa shape index (κ2) is 11.9. The van der Waals surface area contributed by atoms with Gasteiger partial charge in [0, 0.05) is 37.3 Å². The zero-order valence-electron chi connectivity index (χ0n) is 25.7. The average molecular weight is 651 g/mol. The average Bonchev–Trinajstić information content (AvgIpc) is 3.83. The maximum atomic E-state index is 15.1. The first kappa shape index (κ1) is 31.2. The molecule has 0 N–H and O–H groups in total. The normalized spacial score (nSPS) is 21.0. The first-order valence-electron chi connectivity index (χ1n) is 15.0. The largest absolute Gasteiger partial charge is 0.352 e. The van der Waals surface area contributed by atoms with E-state index in [1.165, 1.54) is 16.4 Å². The Morgan fingerprint density at radius 2 is 1.82 bits per heavy atom. The minimum Gasteiger partial charge on any atom is -0.349 e. The van der Waals surface area contributed by atoms with Crippen molar-refractivity contribution in [1.82, 2.24) is 19.7 Å². The van der Waals surface area contributed by atoms with E-state index in [0.29, 0.717) is 30.9 Å². The van der Waals surface area contributed by atoms with Gasteiger partial charge >= 0.3 is 10.2 Å². The molecule has 12 heteroatoms. The standard InChI is InChI=1S/C33H36ClFN6O3S/c1-6-30(42)39-17-21(3)40(18-20(39)2)33-26-16-27(34)31(24-9-7-8-10-28(24)35)36-32(26)41(45(43,44)37-33)29-14-11-22(19-38(4)5)15-25(29)23-12-13-23/h6-11,14-16,20-21,23H,1,12-13,17-19H2,2-5H3/t20-,21+/m1/s1. The van der Waals surface area contributed by atoms with Crippen LogP contribution in [0.15, 0.2) is 65.6 Å². The first-order chi connectivity index (χ1) is 21.4. The van der Waals surface area contributed by atoms with E-state index in [4.69, 9.17) is 16.6 Å². The number of halogens is 2. The summed E-state index contributed by atoms with van der Waals surface area (Å²) in [7, 11) is -0.406. The molecule has 1 aromatic heterocycles. The molecule has 1 saturated heterocycles. The number of carbonyl (C=O) groups is 1. The van der Waals surface area contributed by atoms with Crippen LogP contribution in [0.1, 0.15) is 49.3 Å². The maximum Gasteiger partial charge on any atom is 0.352 e. The molecular formula is C33H36ClFN6O3S. The zero-order chi connectivity index (χ0) is 32.2. The lowest BCUT2D eigenvalue weighted by Crippen LogP contribution is -2.60. The molecule has 0 unspecified atom stereocenters. The molecule has 1 amide bonds. The Morgan fingerprint density at radius 1 is 1.09 bits per heavy atom. The van der Waals surface area contributed by atoms with Gasteiger partial charge in [-0.15, -0.1) is 4.40 Å². The fourth-order valence-electron chi connectivity index (χ4n) is 6.21. The number of amides is 1. The van der Waals surface area contributed by atoms with Crippen LogP contribution < -0.4 is 4.31 Å². The van der Waals surface area contributed by atoms with Crippen LogP contribution in [0.2, 0.25) is 5.02 Å². The van der Waals surface area contributed by atoms with Gasteiger partial charge in [-0.3, -0.25) is 4.79 Å². The molecule has 0 spiro atoms. The van der Waals surface area contributed by atoms with Crippen molar-refractivity contribution in [3.05, 3.63) is 88.7 Å². The van der Waals surface area contributed by atoms with Crippen LogP contribution >= 0.6 is 11.6 Å². The SMILES string of the molecule is C=CC(=O)N1C[C@H](C)N(C2=NS(=O)(=O)N(c3ccc(CN(C)C)cc3C3CC3)c3nc(-c4ccccc4F)c(Cl)cc32)C[C@H]1C. The lowest BCUT2D eigenvalue weighted by molar-refractivity contribution is -0.130. The van der Waals surface area contributed by atoms with Crippen molar-refractivity contribution in [3.63, 3.8) is 0 Å². The summed E-state index contributed by atoms with van der Waals surface area (Å²) in [6, 6.07) is 13.0. The highest BCUT2D eigenvalue weighted by Gasteiger charge is 2.43. The minimum absolute atomic E-state index is 0.106. The van der Waals surface area contributed by atoms with Gasteiger partial charge in [0.2, 0.25) is 5.91 Å². The van der Waals surface area contributed by atoms with Crippen LogP contribution in [0.25, 0.3) is 11.3 Å². The monoisotopic (exact) mass is 650 g/mol. The summed E-state index contributed by atoms with van der Waals surface area (Å²) in [4.78, 5) is 23.0. The van der Waals surface area contributed by atoms with Gasteiger partial charge in [0.25, 0.3) is 0 Å². The van der Waals surface area contributed by atoms with E-state index < -0.39 is 16.0 Å². The van der Waals surface area contributed by atoms with Gasteiger partial charge in [-0.25, -0.2) is 13.7 Å². The van der Waals surface area contributed by atoms with E-state index in [2.05, 4.69) is 21.9 Å². The van der Waals surface area contributed by atoms with E-state index in [9.17, 15) is 13.2 Å². The summed E-state index contributed by atoms with van der Waals surface area (Å²) in [5.74, 6) is -0.209. The Balaban J connectivity index is 1.55. The van der Waals surface area contributed by atoms with Gasteiger partial charge in [0.1, 0.15) is 5.82 Å². The molecule has 3 aromatic rings. The maximum absolute atomic E-state index is 15.1. The Bertz CT molecular complexity index is 1830. The Kier molecular flexibility index (Phi) is 8.21. The molecule has 236 valence electrons. The molecule has 1 aliphatic carbocycles. The third kappa shape index (κ3) is 5.84. The summed E-state index contributed by atoms with van der Waals surface area (Å²) in [5.41, 5.74) is 3.15. The van der Waals surface area contributed by atoms with Gasteiger partial charge in [0.05, 0.1) is 22.0 Å². The molecule has 3 heterocycles. The highest BCUT2D eigenvalue weighted by atomic mass is 35.5. The number of benzene rings is 2. The summed E-state index contributed by atoms with van der Waals surface area (Å²) < 4.78 is 49.3. The smallest absolute Gasteiger partial charge is 0.349 e. The van der Waals surface area contributed by atoms with Gasteiger partial charge in [0.15, 0.2) is 11.7 Å². The van der Waals surface area contributed by atoms with Crippen molar-refractivity contribution in [2.75, 3.05) is 31.5 Å². The molecule has 2 aliphatic heterocycles. The van der Waals surface area contributed by atoms with Crippen molar-refractivity contribution in [3.8, 4) is 11.3 Å². The van der Waals surface area contributed by atoms with Crippen LogP contribution in [0, 0.1) is 5.82 Å². The van der Waals surface area contributed by atoms with Crippen LogP contribution in [-0.2, 0) is 21.5 Å². The fraction of sp³-hybridized carbons (Fsp3) is 0.364. The lowest BCUT2D eigenvalue weighted by Gasteiger charge is -2.46. The number of nitrogens with zero attached hydrogens (tertiary/aromatic N) is 6. The number of aromatic nitrogens is 1. The van der Waals surface area contributed by atoms with Crippen molar-refractivity contribution in [2.24, 2.45) is 4.40 Å². The number of hydrogen-bond donors (Lipinski definition) is 0. The molecule has 2 atom stereocenters. The van der Waals surface area contributed by atoms with Crippen molar-refractivity contribution in [2.45, 2.75) is 51.2 Å². The number of rotatable bonds is 6. The van der Waals surface area contributed by atoms with E-state index in [0.717, 1.165) is 24.0 Å². The molecule has 1 saturated carbocycles. The van der Waals surface area contributed by atoms with Crippen LogP contribution in [0.4, 0.5) is 15.9 Å². The molecule has 6 rings (SSSR count). The molecule has 45 heavy (non-hydrogen) atoms. The van der Waals surface area contributed by atoms with E-state index >= 15 is 4.39 Å². The topological polar surface area (TPSA) is 89.4 Å². The second-order valence-corrected chi connectivity index (χ2v) is 14.1. The Labute approximate surface area is 268 Å². The molecular weight excluding hydrogens is 615 g/mol. The number of fused-ring (bicyclic) bond motifs is 1. The molecule has 2 fully saturated rings. The van der Waals surface area contributed by atoms with E-state index in [1.54, 1.807) is 29.2 Å². The van der Waals surface area contributed by atoms with Crippen LogP contribution in [0.3, 0.4) is 0 Å². The molecule has 2 aromatic carbocycles.